The van der Waals surface area contributed by atoms with Gasteiger partial charge in [-0.25, -0.2) is 5.43 Å². The van der Waals surface area contributed by atoms with Crippen LogP contribution in [0.1, 0.15) is 12.7 Å². The molecule has 7 nitrogen and oxygen atoms in total. The molecule has 0 saturated carbocycles. The highest BCUT2D eigenvalue weighted by Crippen LogP contribution is 2.26. The van der Waals surface area contributed by atoms with Gasteiger partial charge in [0.05, 0.1) is 18.2 Å². The maximum Gasteiger partial charge on any atom is 0.250 e. The van der Waals surface area contributed by atoms with Gasteiger partial charge in [0, 0.05) is 16.6 Å². The first kappa shape index (κ1) is 20.1. The number of hydrogen-bond acceptors (Lipinski definition) is 6. The fraction of sp³-hybridized carbons (Fsp3) is 0.158. The maximum absolute atomic E-state index is 12.0. The predicted molar refractivity (Wildman–Crippen MR) is 113 cm³/mol. The van der Waals surface area contributed by atoms with Crippen molar-refractivity contribution in [3.63, 3.8) is 0 Å². The number of allylic oxidation sites excluding steroid dienone is 1. The quantitative estimate of drug-likeness (QED) is 0.237. The molecule has 2 heterocycles. The third kappa shape index (κ3) is 5.43. The van der Waals surface area contributed by atoms with Crippen LogP contribution in [0.25, 0.3) is 11.4 Å². The minimum Gasteiger partial charge on any atom is -0.463 e. The first-order valence-electron chi connectivity index (χ1n) is 8.34. The lowest BCUT2D eigenvalue weighted by Gasteiger charge is -2.10. The molecule has 0 radical (unpaired) electrons. The van der Waals surface area contributed by atoms with Crippen molar-refractivity contribution in [3.05, 3.63) is 65.0 Å². The van der Waals surface area contributed by atoms with Gasteiger partial charge in [0.15, 0.2) is 11.0 Å². The lowest BCUT2D eigenvalue weighted by atomic mass is 10.2. The zero-order valence-corrected chi connectivity index (χ0v) is 17.5. The summed E-state index contributed by atoms with van der Waals surface area (Å²) in [6.45, 7) is 6.49. The fourth-order valence-electron chi connectivity index (χ4n) is 2.32. The van der Waals surface area contributed by atoms with Crippen LogP contribution in [-0.4, -0.2) is 32.6 Å². The van der Waals surface area contributed by atoms with Crippen molar-refractivity contribution in [1.29, 1.82) is 0 Å². The van der Waals surface area contributed by atoms with Crippen LogP contribution in [0.4, 0.5) is 0 Å². The highest BCUT2D eigenvalue weighted by Gasteiger charge is 2.15. The van der Waals surface area contributed by atoms with Crippen LogP contribution in [0, 0.1) is 0 Å². The largest absolute Gasteiger partial charge is 0.463 e. The molecule has 1 amide bonds. The summed E-state index contributed by atoms with van der Waals surface area (Å²) in [5.41, 5.74) is 4.37. The smallest absolute Gasteiger partial charge is 0.250 e. The number of hydrazone groups is 1. The zero-order valence-electron chi connectivity index (χ0n) is 15.1. The Morgan fingerprint density at radius 3 is 2.82 bits per heavy atom. The average molecular weight is 460 g/mol. The maximum atomic E-state index is 12.0. The van der Waals surface area contributed by atoms with E-state index in [0.29, 0.717) is 17.5 Å². The van der Waals surface area contributed by atoms with Gasteiger partial charge in [-0.2, -0.15) is 5.10 Å². The van der Waals surface area contributed by atoms with Crippen LogP contribution >= 0.6 is 27.7 Å². The van der Waals surface area contributed by atoms with E-state index in [1.54, 1.807) is 12.1 Å². The summed E-state index contributed by atoms with van der Waals surface area (Å²) in [5.74, 6) is 1.20. The Morgan fingerprint density at radius 1 is 1.36 bits per heavy atom. The Hall–Kier alpha value is -2.65. The van der Waals surface area contributed by atoms with Gasteiger partial charge in [0.2, 0.25) is 0 Å². The molecular formula is C19H18BrN5O2S. The topological polar surface area (TPSA) is 85.3 Å². The number of rotatable bonds is 8. The van der Waals surface area contributed by atoms with E-state index >= 15 is 0 Å². The Kier molecular flexibility index (Phi) is 6.83. The van der Waals surface area contributed by atoms with Crippen LogP contribution in [0.2, 0.25) is 0 Å². The summed E-state index contributed by atoms with van der Waals surface area (Å²) in [7, 11) is 0. The molecule has 9 heteroatoms. The Balaban J connectivity index is 1.68. The zero-order chi connectivity index (χ0) is 19.9. The van der Waals surface area contributed by atoms with E-state index in [4.69, 9.17) is 4.42 Å². The summed E-state index contributed by atoms with van der Waals surface area (Å²) >= 11 is 4.73. The van der Waals surface area contributed by atoms with E-state index < -0.39 is 0 Å². The van der Waals surface area contributed by atoms with Crippen molar-refractivity contribution in [2.45, 2.75) is 18.6 Å². The molecule has 0 unspecified atom stereocenters. The first-order valence-corrected chi connectivity index (χ1v) is 10.1. The molecule has 144 valence electrons. The van der Waals surface area contributed by atoms with Crippen molar-refractivity contribution >= 4 is 39.8 Å². The number of amides is 1. The van der Waals surface area contributed by atoms with E-state index in [1.165, 1.54) is 24.2 Å². The molecular weight excluding hydrogens is 442 g/mol. The summed E-state index contributed by atoms with van der Waals surface area (Å²) < 4.78 is 8.05. The molecule has 0 aliphatic heterocycles. The summed E-state index contributed by atoms with van der Waals surface area (Å²) in [6, 6.07) is 11.3. The number of furan rings is 1. The van der Waals surface area contributed by atoms with Crippen LogP contribution in [0.5, 0.6) is 0 Å². The van der Waals surface area contributed by atoms with Crippen LogP contribution < -0.4 is 5.43 Å². The fourth-order valence-corrected chi connectivity index (χ4v) is 3.31. The molecule has 3 rings (SSSR count). The van der Waals surface area contributed by atoms with Crippen molar-refractivity contribution < 1.29 is 9.21 Å². The third-order valence-corrected chi connectivity index (χ3v) is 5.00. The van der Waals surface area contributed by atoms with Gasteiger partial charge in [0.1, 0.15) is 5.76 Å². The lowest BCUT2D eigenvalue weighted by molar-refractivity contribution is -0.118. The van der Waals surface area contributed by atoms with E-state index in [2.05, 4.69) is 43.2 Å². The number of aromatic nitrogens is 3. The molecule has 0 atom stereocenters. The molecule has 1 aromatic carbocycles. The normalized spacial score (nSPS) is 11.1. The number of hydrogen-bond donors (Lipinski definition) is 1. The lowest BCUT2D eigenvalue weighted by Crippen LogP contribution is -2.20. The minimum atomic E-state index is -0.247. The third-order valence-electron chi connectivity index (χ3n) is 3.50. The first-order chi connectivity index (χ1) is 13.5. The Morgan fingerprint density at radius 2 is 2.14 bits per heavy atom. The van der Waals surface area contributed by atoms with Gasteiger partial charge in [-0.1, -0.05) is 52.0 Å². The predicted octanol–water partition coefficient (Wildman–Crippen LogP) is 4.12. The van der Waals surface area contributed by atoms with Crippen LogP contribution in [0.3, 0.4) is 0 Å². The van der Waals surface area contributed by atoms with Crippen molar-refractivity contribution in [1.82, 2.24) is 20.2 Å². The molecule has 0 aliphatic rings. The van der Waals surface area contributed by atoms with E-state index in [-0.39, 0.29) is 11.7 Å². The number of thioether (sulfide) groups is 1. The Labute approximate surface area is 175 Å². The standard InChI is InChI=1S/C19H18BrN5O2S/c1-13(2)11-25-18(14-5-7-15(20)8-6-14)23-24-19(25)28-12-17(26)22-21-10-16-4-3-9-27-16/h3-10H,1,11-12H2,2H3,(H,22,26)/b21-10-. The molecule has 0 bridgehead atoms. The number of carbonyl (C=O) groups is 1. The molecule has 1 N–H and O–H groups in total. The second kappa shape index (κ2) is 9.52. The monoisotopic (exact) mass is 459 g/mol. The highest BCUT2D eigenvalue weighted by atomic mass is 79.9. The highest BCUT2D eigenvalue weighted by molar-refractivity contribution is 9.10. The van der Waals surface area contributed by atoms with Gasteiger partial charge in [-0.15, -0.1) is 10.2 Å². The second-order valence-corrected chi connectivity index (χ2v) is 7.81. The molecule has 0 aliphatic carbocycles. The number of carbonyl (C=O) groups excluding carboxylic acids is 1. The summed E-state index contributed by atoms with van der Waals surface area (Å²) in [6.07, 6.45) is 2.98. The minimum absolute atomic E-state index is 0.157. The number of benzene rings is 1. The molecule has 3 aromatic rings. The van der Waals surface area contributed by atoms with Crippen molar-refractivity contribution in [2.24, 2.45) is 5.10 Å². The van der Waals surface area contributed by atoms with E-state index in [9.17, 15) is 4.79 Å². The van der Waals surface area contributed by atoms with Crippen molar-refractivity contribution in [3.8, 4) is 11.4 Å². The summed E-state index contributed by atoms with van der Waals surface area (Å²) in [5, 5.41) is 13.1. The SMILES string of the molecule is C=C(C)Cn1c(SCC(=O)N/N=C\c2ccco2)nnc1-c1ccc(Br)cc1. The molecule has 0 spiro atoms. The van der Waals surface area contributed by atoms with Gasteiger partial charge in [-0.3, -0.25) is 9.36 Å². The van der Waals surface area contributed by atoms with E-state index in [0.717, 1.165) is 21.4 Å². The molecule has 0 fully saturated rings. The van der Waals surface area contributed by atoms with Gasteiger partial charge >= 0.3 is 0 Å². The molecule has 28 heavy (non-hydrogen) atoms. The van der Waals surface area contributed by atoms with E-state index in [1.807, 2.05) is 35.8 Å². The number of halogens is 1. The number of nitrogens with one attached hydrogen (secondary N) is 1. The van der Waals surface area contributed by atoms with Gasteiger partial charge < -0.3 is 4.42 Å². The van der Waals surface area contributed by atoms with Crippen LogP contribution in [0.15, 0.2) is 74.0 Å². The van der Waals surface area contributed by atoms with Crippen molar-refractivity contribution in [2.75, 3.05) is 5.75 Å². The second-order valence-electron chi connectivity index (χ2n) is 5.95. The molecule has 0 saturated heterocycles. The molecule has 2 aromatic heterocycles. The number of nitrogens with zero attached hydrogens (tertiary/aromatic N) is 4. The summed E-state index contributed by atoms with van der Waals surface area (Å²) in [4.78, 5) is 12.0. The van der Waals surface area contributed by atoms with Crippen LogP contribution in [-0.2, 0) is 11.3 Å². The Bertz CT molecular complexity index is 980. The van der Waals surface area contributed by atoms with Gasteiger partial charge in [-0.05, 0) is 31.2 Å². The average Bonchev–Trinajstić information content (AvgIpc) is 3.31. The van der Waals surface area contributed by atoms with Gasteiger partial charge in [0.25, 0.3) is 5.91 Å².